The van der Waals surface area contributed by atoms with E-state index in [1.165, 1.54) is 6.08 Å². The molecule has 0 aromatic carbocycles. The van der Waals surface area contributed by atoms with Crippen LogP contribution in [-0.2, 0) is 8.98 Å². The highest BCUT2D eigenvalue weighted by molar-refractivity contribution is 7.75. The predicted molar refractivity (Wildman–Crippen MR) is 87.8 cm³/mol. The number of hydrogen-bond donors (Lipinski definition) is 2. The summed E-state index contributed by atoms with van der Waals surface area (Å²) in [7, 11) is 0. The summed E-state index contributed by atoms with van der Waals surface area (Å²) in [5.74, 6) is -1.55. The van der Waals surface area contributed by atoms with E-state index in [1.54, 1.807) is 6.08 Å². The highest BCUT2D eigenvalue weighted by Gasteiger charge is 2.63. The van der Waals surface area contributed by atoms with Gasteiger partial charge in [-0.3, -0.25) is 13.8 Å². The Balaban J connectivity index is 2.10. The second-order valence-corrected chi connectivity index (χ2v) is 6.40. The molecule has 2 aliphatic carbocycles. The van der Waals surface area contributed by atoms with Crippen LogP contribution in [0, 0.1) is 11.8 Å². The smallest absolute Gasteiger partial charge is 0.265 e. The Bertz CT molecular complexity index is 701. The minimum atomic E-state index is -1.78. The second kappa shape index (κ2) is 6.34. The van der Waals surface area contributed by atoms with Crippen LogP contribution in [0.15, 0.2) is 16.7 Å². The lowest BCUT2D eigenvalue weighted by Gasteiger charge is -2.44. The molecule has 1 aromatic heterocycles. The summed E-state index contributed by atoms with van der Waals surface area (Å²) >= 11 is 3.85. The number of ketones is 2. The highest BCUT2D eigenvalue weighted by atomic mass is 32.1. The van der Waals surface area contributed by atoms with Crippen LogP contribution in [0.25, 0.3) is 0 Å². The molecule has 4 atom stereocenters. The first kappa shape index (κ1) is 17.2. The number of carbonyl (C=O) groups excluding carboxylic acids is 2. The van der Waals surface area contributed by atoms with Crippen molar-refractivity contribution < 1.29 is 23.0 Å². The SMILES string of the molecule is CCCCOc1noc2c1C(=O)[C@@]1(OS)C(=O)C=C[C@H](C)[C@H]1[C@@H]2N. The molecule has 1 aromatic rings. The number of carbonyl (C=O) groups is 2. The van der Waals surface area contributed by atoms with Gasteiger partial charge in [0.1, 0.15) is 5.56 Å². The van der Waals surface area contributed by atoms with E-state index in [0.29, 0.717) is 6.61 Å². The minimum Gasteiger partial charge on any atom is -0.475 e. The first-order chi connectivity index (χ1) is 11.5. The summed E-state index contributed by atoms with van der Waals surface area (Å²) in [5.41, 5.74) is 4.61. The number of rotatable bonds is 5. The van der Waals surface area contributed by atoms with Gasteiger partial charge in [0.05, 0.1) is 12.6 Å². The number of nitrogens with zero attached hydrogens (tertiary/aromatic N) is 1. The molecule has 0 spiro atoms. The van der Waals surface area contributed by atoms with Gasteiger partial charge in [-0.2, -0.15) is 0 Å². The van der Waals surface area contributed by atoms with Crippen molar-refractivity contribution >= 4 is 24.5 Å². The Morgan fingerprint density at radius 3 is 2.88 bits per heavy atom. The number of Topliss-reactive ketones (excluding diaryl/α,β-unsaturated/α-hetero) is 1. The lowest BCUT2D eigenvalue weighted by Crippen LogP contribution is -2.61. The quantitative estimate of drug-likeness (QED) is 0.361. The van der Waals surface area contributed by atoms with Crippen molar-refractivity contribution in [1.82, 2.24) is 5.16 Å². The normalized spacial score (nSPS) is 31.8. The van der Waals surface area contributed by atoms with Gasteiger partial charge >= 0.3 is 0 Å². The number of nitrogens with two attached hydrogens (primary N) is 1. The number of allylic oxidation sites excluding steroid dienone is 1. The van der Waals surface area contributed by atoms with E-state index < -0.39 is 29.1 Å². The first-order valence-corrected chi connectivity index (χ1v) is 8.33. The van der Waals surface area contributed by atoms with E-state index in [2.05, 4.69) is 18.1 Å². The van der Waals surface area contributed by atoms with Crippen LogP contribution in [0.3, 0.4) is 0 Å². The van der Waals surface area contributed by atoms with Gasteiger partial charge in [0, 0.05) is 5.92 Å². The van der Waals surface area contributed by atoms with Crippen molar-refractivity contribution in [2.75, 3.05) is 6.61 Å². The fourth-order valence-corrected chi connectivity index (χ4v) is 3.79. The van der Waals surface area contributed by atoms with Gasteiger partial charge in [-0.05, 0) is 36.5 Å². The molecule has 0 bridgehead atoms. The van der Waals surface area contributed by atoms with E-state index in [9.17, 15) is 9.59 Å². The summed E-state index contributed by atoms with van der Waals surface area (Å²) in [5, 5.41) is 3.83. The predicted octanol–water partition coefficient (Wildman–Crippen LogP) is 2.04. The van der Waals surface area contributed by atoms with Crippen LogP contribution in [0.5, 0.6) is 5.88 Å². The van der Waals surface area contributed by atoms with E-state index in [1.807, 2.05) is 13.8 Å². The van der Waals surface area contributed by atoms with E-state index >= 15 is 0 Å². The molecule has 8 heteroatoms. The Morgan fingerprint density at radius 2 is 2.21 bits per heavy atom. The van der Waals surface area contributed by atoms with Crippen molar-refractivity contribution in [3.8, 4) is 5.88 Å². The van der Waals surface area contributed by atoms with Crippen LogP contribution < -0.4 is 10.5 Å². The number of unbranched alkanes of at least 4 members (excludes halogenated alkanes) is 1. The summed E-state index contributed by atoms with van der Waals surface area (Å²) in [6.45, 7) is 4.27. The zero-order chi connectivity index (χ0) is 17.5. The lowest BCUT2D eigenvalue weighted by atomic mass is 9.62. The molecule has 1 heterocycles. The first-order valence-electron chi connectivity index (χ1n) is 7.97. The van der Waals surface area contributed by atoms with E-state index in [-0.39, 0.29) is 23.1 Å². The van der Waals surface area contributed by atoms with Crippen molar-refractivity contribution in [2.24, 2.45) is 17.6 Å². The molecule has 0 fully saturated rings. The summed E-state index contributed by atoms with van der Waals surface area (Å²) in [4.78, 5) is 25.7. The molecule has 0 saturated heterocycles. The maximum atomic E-state index is 13.2. The third-order valence-electron chi connectivity index (χ3n) is 4.77. The fraction of sp³-hybridized carbons (Fsp3) is 0.562. The molecule has 130 valence electrons. The summed E-state index contributed by atoms with van der Waals surface area (Å²) in [6.07, 6.45) is 4.79. The van der Waals surface area contributed by atoms with Gasteiger partial charge in [-0.15, -0.1) is 0 Å². The Morgan fingerprint density at radius 1 is 1.46 bits per heavy atom. The molecule has 3 rings (SSSR count). The molecule has 0 saturated carbocycles. The fourth-order valence-electron chi connectivity index (χ4n) is 3.49. The van der Waals surface area contributed by atoms with Gasteiger partial charge in [0.15, 0.2) is 11.5 Å². The average Bonchev–Trinajstić information content (AvgIpc) is 2.99. The van der Waals surface area contributed by atoms with E-state index in [4.69, 9.17) is 19.2 Å². The van der Waals surface area contributed by atoms with Crippen molar-refractivity contribution in [2.45, 2.75) is 38.3 Å². The number of thiol groups is 1. The molecule has 2 aliphatic rings. The molecule has 0 amide bonds. The zero-order valence-corrected chi connectivity index (χ0v) is 14.4. The molecule has 0 aliphatic heterocycles. The maximum Gasteiger partial charge on any atom is 0.265 e. The van der Waals surface area contributed by atoms with Gasteiger partial charge in [-0.1, -0.05) is 26.3 Å². The van der Waals surface area contributed by atoms with Crippen molar-refractivity contribution in [3.05, 3.63) is 23.5 Å². The minimum absolute atomic E-state index is 0.0529. The maximum absolute atomic E-state index is 13.2. The van der Waals surface area contributed by atoms with Gasteiger partial charge in [0.2, 0.25) is 11.4 Å². The molecule has 7 nitrogen and oxygen atoms in total. The largest absolute Gasteiger partial charge is 0.475 e. The van der Waals surface area contributed by atoms with Crippen LogP contribution in [0.1, 0.15) is 48.8 Å². The summed E-state index contributed by atoms with van der Waals surface area (Å²) < 4.78 is 16.0. The van der Waals surface area contributed by atoms with E-state index in [0.717, 1.165) is 12.8 Å². The molecule has 2 N–H and O–H groups in total. The Hall–Kier alpha value is -1.64. The summed E-state index contributed by atoms with van der Waals surface area (Å²) in [6, 6.07) is -0.732. The van der Waals surface area contributed by atoms with Gasteiger partial charge in [-0.25, -0.2) is 0 Å². The van der Waals surface area contributed by atoms with Crippen LogP contribution >= 0.6 is 12.9 Å². The molecular weight excluding hydrogens is 332 g/mol. The standard InChI is InChI=1S/C16H20N2O5S/c1-3-4-7-21-15-10-13(22-18-15)12(17)11-8(2)5-6-9(19)16(11,23-24)14(10)20/h5-6,8,11-12,24H,3-4,7,17H2,1-2H3/t8-,11-,12-,16+/m0/s1. The second-order valence-electron chi connectivity index (χ2n) is 6.22. The average molecular weight is 352 g/mol. The van der Waals surface area contributed by atoms with Crippen molar-refractivity contribution in [3.63, 3.8) is 0 Å². The third-order valence-corrected chi connectivity index (χ3v) is 5.06. The van der Waals surface area contributed by atoms with Crippen LogP contribution in [-0.4, -0.2) is 28.9 Å². The molecule has 24 heavy (non-hydrogen) atoms. The zero-order valence-electron chi connectivity index (χ0n) is 13.5. The third kappa shape index (κ3) is 2.24. The number of hydrogen-bond acceptors (Lipinski definition) is 8. The van der Waals surface area contributed by atoms with Crippen molar-refractivity contribution in [1.29, 1.82) is 0 Å². The molecule has 0 unspecified atom stereocenters. The van der Waals surface area contributed by atoms with Crippen LogP contribution in [0.4, 0.5) is 0 Å². The molecule has 0 radical (unpaired) electrons. The molecular formula is C16H20N2O5S. The number of fused-ring (bicyclic) bond motifs is 2. The topological polar surface area (TPSA) is 105 Å². The highest BCUT2D eigenvalue weighted by Crippen LogP contribution is 2.50. The lowest BCUT2D eigenvalue weighted by molar-refractivity contribution is -0.132. The Labute approximate surface area is 145 Å². The Kier molecular flexibility index (Phi) is 4.54. The number of aromatic nitrogens is 1. The monoisotopic (exact) mass is 352 g/mol. The van der Waals surface area contributed by atoms with Gasteiger partial charge < -0.3 is 15.0 Å². The number of ether oxygens (including phenoxy) is 1. The van der Waals surface area contributed by atoms with Gasteiger partial charge in [0.25, 0.3) is 5.88 Å². The van der Waals surface area contributed by atoms with Crippen LogP contribution in [0.2, 0.25) is 0 Å².